The van der Waals surface area contributed by atoms with Crippen molar-refractivity contribution in [2.45, 2.75) is 52.1 Å². The number of likely N-dealkylation sites (tertiary alicyclic amines) is 1. The van der Waals surface area contributed by atoms with Gasteiger partial charge in [-0.1, -0.05) is 0 Å². The zero-order chi connectivity index (χ0) is 18.7. The first-order valence-electron chi connectivity index (χ1n) is 9.25. The van der Waals surface area contributed by atoms with E-state index in [1.165, 1.54) is 0 Å². The maximum absolute atomic E-state index is 12.8. The molecule has 1 saturated heterocycles. The quantitative estimate of drug-likeness (QED) is 0.795. The van der Waals surface area contributed by atoms with Crippen LogP contribution in [0.2, 0.25) is 0 Å². The van der Waals surface area contributed by atoms with Crippen LogP contribution in [0.1, 0.15) is 48.8 Å². The number of hydrogen-bond donors (Lipinski definition) is 0. The van der Waals surface area contributed by atoms with Crippen molar-refractivity contribution in [1.29, 1.82) is 0 Å². The van der Waals surface area contributed by atoms with E-state index in [9.17, 15) is 4.79 Å². The highest BCUT2D eigenvalue weighted by atomic mass is 16.2. The smallest absolute Gasteiger partial charge is 0.223 e. The lowest BCUT2D eigenvalue weighted by molar-refractivity contribution is -0.132. The van der Waals surface area contributed by atoms with E-state index in [0.717, 1.165) is 55.3 Å². The average molecular weight is 356 g/mol. The molecule has 2 aromatic rings. The Morgan fingerprint density at radius 2 is 2.12 bits per heavy atom. The molecule has 0 aromatic carbocycles. The summed E-state index contributed by atoms with van der Waals surface area (Å²) in [5.74, 6) is 1.03. The number of amides is 1. The van der Waals surface area contributed by atoms with Gasteiger partial charge in [0, 0.05) is 39.3 Å². The molecule has 0 unspecified atom stereocenters. The van der Waals surface area contributed by atoms with Crippen LogP contribution in [0.4, 0.5) is 5.82 Å². The van der Waals surface area contributed by atoms with Crippen molar-refractivity contribution in [3.8, 4) is 0 Å². The normalized spacial score (nSPS) is 16.9. The molecule has 0 saturated carbocycles. The summed E-state index contributed by atoms with van der Waals surface area (Å²) in [6.07, 6.45) is 6.84. The molecule has 1 atom stereocenters. The number of rotatable bonds is 6. The molecular formula is C19H28N6O. The molecule has 0 aliphatic carbocycles. The Kier molecular flexibility index (Phi) is 5.54. The number of nitrogens with zero attached hydrogens (tertiary/aromatic N) is 6. The largest absolute Gasteiger partial charge is 0.361 e. The highest BCUT2D eigenvalue weighted by Crippen LogP contribution is 2.31. The lowest BCUT2D eigenvalue weighted by Crippen LogP contribution is -2.31. The topological polar surface area (TPSA) is 67.2 Å². The molecule has 1 fully saturated rings. The summed E-state index contributed by atoms with van der Waals surface area (Å²) in [6.45, 7) is 5.62. The summed E-state index contributed by atoms with van der Waals surface area (Å²) in [6, 6.07) is 2.11. The van der Waals surface area contributed by atoms with Gasteiger partial charge in [0.05, 0.1) is 29.8 Å². The lowest BCUT2D eigenvalue weighted by atomic mass is 10.1. The van der Waals surface area contributed by atoms with E-state index >= 15 is 0 Å². The third-order valence-corrected chi connectivity index (χ3v) is 4.88. The van der Waals surface area contributed by atoms with Crippen molar-refractivity contribution >= 4 is 11.7 Å². The highest BCUT2D eigenvalue weighted by Gasteiger charge is 2.31. The van der Waals surface area contributed by atoms with Gasteiger partial charge in [-0.15, -0.1) is 0 Å². The van der Waals surface area contributed by atoms with Crippen LogP contribution in [-0.2, 0) is 11.3 Å². The van der Waals surface area contributed by atoms with Crippen LogP contribution in [0.5, 0.6) is 0 Å². The lowest BCUT2D eigenvalue weighted by Gasteiger charge is -2.25. The van der Waals surface area contributed by atoms with Crippen LogP contribution >= 0.6 is 0 Å². The van der Waals surface area contributed by atoms with E-state index in [2.05, 4.69) is 28.1 Å². The monoisotopic (exact) mass is 356 g/mol. The Hall–Kier alpha value is -2.44. The number of hydrogen-bond acceptors (Lipinski definition) is 5. The van der Waals surface area contributed by atoms with Gasteiger partial charge >= 0.3 is 0 Å². The molecule has 0 bridgehead atoms. The minimum atomic E-state index is 0.0450. The second-order valence-electron chi connectivity index (χ2n) is 7.20. The summed E-state index contributed by atoms with van der Waals surface area (Å²) in [7, 11) is 3.90. The van der Waals surface area contributed by atoms with E-state index in [1.807, 2.05) is 35.5 Å². The molecule has 0 radical (unpaired) electrons. The average Bonchev–Trinajstić information content (AvgIpc) is 3.21. The molecule has 140 valence electrons. The zero-order valence-corrected chi connectivity index (χ0v) is 16.1. The molecule has 7 nitrogen and oxygen atoms in total. The Morgan fingerprint density at radius 3 is 2.81 bits per heavy atom. The SMILES string of the molecule is Cc1cc(C)n(CCCC(=O)N2CCC[C@H]2c2cncc(N(C)C)n2)n1. The minimum Gasteiger partial charge on any atom is -0.361 e. The molecule has 2 aromatic heterocycles. The van der Waals surface area contributed by atoms with Gasteiger partial charge in [-0.2, -0.15) is 5.10 Å². The summed E-state index contributed by atoms with van der Waals surface area (Å²) in [5.41, 5.74) is 3.05. The zero-order valence-electron chi connectivity index (χ0n) is 16.1. The molecule has 0 spiro atoms. The van der Waals surface area contributed by atoms with Gasteiger partial charge in [-0.05, 0) is 39.2 Å². The van der Waals surface area contributed by atoms with Crippen molar-refractivity contribution in [2.75, 3.05) is 25.5 Å². The number of carbonyl (C=O) groups is 1. The second-order valence-corrected chi connectivity index (χ2v) is 7.20. The van der Waals surface area contributed by atoms with Gasteiger partial charge in [-0.25, -0.2) is 4.98 Å². The predicted molar refractivity (Wildman–Crippen MR) is 101 cm³/mol. The number of aromatic nitrogens is 4. The van der Waals surface area contributed by atoms with Gasteiger partial charge in [0.15, 0.2) is 0 Å². The van der Waals surface area contributed by atoms with Crippen molar-refractivity contribution in [3.63, 3.8) is 0 Å². The van der Waals surface area contributed by atoms with Gasteiger partial charge in [0.2, 0.25) is 5.91 Å². The first-order chi connectivity index (χ1) is 12.5. The van der Waals surface area contributed by atoms with E-state index in [1.54, 1.807) is 12.4 Å². The van der Waals surface area contributed by atoms with Gasteiger partial charge in [-0.3, -0.25) is 14.5 Å². The van der Waals surface area contributed by atoms with E-state index in [4.69, 9.17) is 0 Å². The summed E-state index contributed by atoms with van der Waals surface area (Å²) in [4.78, 5) is 25.7. The van der Waals surface area contributed by atoms with Crippen molar-refractivity contribution < 1.29 is 4.79 Å². The summed E-state index contributed by atoms with van der Waals surface area (Å²) in [5, 5.41) is 4.46. The maximum Gasteiger partial charge on any atom is 0.223 e. The van der Waals surface area contributed by atoms with Gasteiger partial charge in [0.1, 0.15) is 5.82 Å². The Balaban J connectivity index is 1.61. The molecule has 26 heavy (non-hydrogen) atoms. The third kappa shape index (κ3) is 4.03. The fourth-order valence-corrected chi connectivity index (χ4v) is 3.54. The number of carbonyl (C=O) groups excluding carboxylic acids is 1. The van der Waals surface area contributed by atoms with Gasteiger partial charge < -0.3 is 9.80 Å². The second kappa shape index (κ2) is 7.85. The van der Waals surface area contributed by atoms with Crippen molar-refractivity contribution in [3.05, 3.63) is 35.5 Å². The first-order valence-corrected chi connectivity index (χ1v) is 9.25. The molecular weight excluding hydrogens is 328 g/mol. The van der Waals surface area contributed by atoms with E-state index in [-0.39, 0.29) is 11.9 Å². The summed E-state index contributed by atoms with van der Waals surface area (Å²) >= 11 is 0. The fourth-order valence-electron chi connectivity index (χ4n) is 3.54. The fraction of sp³-hybridized carbons (Fsp3) is 0.579. The van der Waals surface area contributed by atoms with E-state index in [0.29, 0.717) is 6.42 Å². The molecule has 3 heterocycles. The van der Waals surface area contributed by atoms with Crippen LogP contribution in [-0.4, -0.2) is 51.2 Å². The Bertz CT molecular complexity index is 769. The third-order valence-electron chi connectivity index (χ3n) is 4.88. The van der Waals surface area contributed by atoms with Crippen LogP contribution in [0, 0.1) is 13.8 Å². The molecule has 3 rings (SSSR count). The highest BCUT2D eigenvalue weighted by molar-refractivity contribution is 5.77. The first kappa shape index (κ1) is 18.4. The van der Waals surface area contributed by atoms with Crippen LogP contribution in [0.25, 0.3) is 0 Å². The number of aryl methyl sites for hydroxylation is 3. The Labute approximate surface area is 155 Å². The number of anilines is 1. The molecule has 1 amide bonds. The predicted octanol–water partition coefficient (Wildman–Crippen LogP) is 2.50. The maximum atomic E-state index is 12.8. The van der Waals surface area contributed by atoms with Crippen molar-refractivity contribution in [1.82, 2.24) is 24.6 Å². The standard InChI is InChI=1S/C19H28N6O/c1-14-11-15(2)25(22-14)10-6-8-19(26)24-9-5-7-17(24)16-12-20-13-18(21-16)23(3)4/h11-13,17H,5-10H2,1-4H3/t17-/m0/s1. The van der Waals surface area contributed by atoms with Gasteiger partial charge in [0.25, 0.3) is 0 Å². The molecule has 0 N–H and O–H groups in total. The van der Waals surface area contributed by atoms with Crippen LogP contribution < -0.4 is 4.90 Å². The van der Waals surface area contributed by atoms with Crippen LogP contribution in [0.3, 0.4) is 0 Å². The Morgan fingerprint density at radius 1 is 1.31 bits per heavy atom. The molecule has 1 aliphatic rings. The molecule has 1 aliphatic heterocycles. The summed E-state index contributed by atoms with van der Waals surface area (Å²) < 4.78 is 1.98. The molecule has 7 heteroatoms. The van der Waals surface area contributed by atoms with E-state index < -0.39 is 0 Å². The van der Waals surface area contributed by atoms with Crippen LogP contribution in [0.15, 0.2) is 18.5 Å². The van der Waals surface area contributed by atoms with Crippen molar-refractivity contribution in [2.24, 2.45) is 0 Å². The minimum absolute atomic E-state index is 0.0450.